The number of benzene rings is 1. The van der Waals surface area contributed by atoms with Crippen LogP contribution in [0.1, 0.15) is 13.3 Å². The normalized spacial score (nSPS) is 26.0. The van der Waals surface area contributed by atoms with Crippen LogP contribution in [-0.4, -0.2) is 68.8 Å². The molecule has 0 saturated carbocycles. The molecule has 2 aliphatic rings. The zero-order chi connectivity index (χ0) is 15.3. The monoisotopic (exact) mass is 339 g/mol. The van der Waals surface area contributed by atoms with Crippen molar-refractivity contribution < 1.29 is 4.74 Å². The Morgan fingerprint density at radius 1 is 1.09 bits per heavy atom. The Hall–Kier alpha value is -0.810. The summed E-state index contributed by atoms with van der Waals surface area (Å²) in [4.78, 5) is 5.16. The van der Waals surface area contributed by atoms with Crippen molar-refractivity contribution in [2.24, 2.45) is 5.41 Å². The van der Waals surface area contributed by atoms with Gasteiger partial charge in [-0.1, -0.05) is 25.1 Å². The Kier molecular flexibility index (Phi) is 7.15. The maximum absolute atomic E-state index is 5.80. The van der Waals surface area contributed by atoms with Crippen LogP contribution in [0.2, 0.25) is 0 Å². The van der Waals surface area contributed by atoms with E-state index in [4.69, 9.17) is 4.74 Å². The van der Waals surface area contributed by atoms with Gasteiger partial charge < -0.3 is 15.0 Å². The highest BCUT2D eigenvalue weighted by Crippen LogP contribution is 2.26. The molecule has 0 radical (unpaired) electrons. The Bertz CT molecular complexity index is 443. The lowest BCUT2D eigenvalue weighted by Gasteiger charge is -2.38. The third kappa shape index (κ3) is 5.64. The van der Waals surface area contributed by atoms with Crippen LogP contribution in [0, 0.1) is 5.41 Å². The van der Waals surface area contributed by atoms with Gasteiger partial charge in [-0.3, -0.25) is 4.90 Å². The van der Waals surface area contributed by atoms with E-state index in [0.717, 1.165) is 18.9 Å². The molecule has 1 unspecified atom stereocenters. The number of hydrogen-bond acceptors (Lipinski definition) is 4. The molecule has 2 saturated heterocycles. The van der Waals surface area contributed by atoms with Gasteiger partial charge in [-0.05, 0) is 30.5 Å². The highest BCUT2D eigenvalue weighted by Gasteiger charge is 2.31. The summed E-state index contributed by atoms with van der Waals surface area (Å²) >= 11 is 0. The Balaban J connectivity index is 0.00000192. The molecule has 1 aromatic rings. The van der Waals surface area contributed by atoms with Crippen molar-refractivity contribution in [2.75, 3.05) is 59.0 Å². The van der Waals surface area contributed by atoms with E-state index in [1.165, 1.54) is 52.2 Å². The fourth-order valence-corrected chi connectivity index (χ4v) is 3.52. The molecule has 0 spiro atoms. The SMILES string of the molecule is CC1(CN2CCN(CCOc3ccccc3)CC2)CCNC1.Cl. The molecule has 1 atom stereocenters. The average molecular weight is 340 g/mol. The highest BCUT2D eigenvalue weighted by atomic mass is 35.5. The summed E-state index contributed by atoms with van der Waals surface area (Å²) in [6.45, 7) is 12.6. The van der Waals surface area contributed by atoms with Crippen LogP contribution in [0.25, 0.3) is 0 Å². The van der Waals surface area contributed by atoms with Crippen molar-refractivity contribution in [3.8, 4) is 5.75 Å². The van der Waals surface area contributed by atoms with Gasteiger partial charge in [-0.25, -0.2) is 0 Å². The van der Waals surface area contributed by atoms with Gasteiger partial charge in [0.1, 0.15) is 12.4 Å². The van der Waals surface area contributed by atoms with E-state index in [0.29, 0.717) is 5.41 Å². The molecule has 2 aliphatic heterocycles. The highest BCUT2D eigenvalue weighted by molar-refractivity contribution is 5.85. The largest absolute Gasteiger partial charge is 0.492 e. The molecule has 0 aliphatic carbocycles. The molecule has 5 heteroatoms. The molecular weight excluding hydrogens is 310 g/mol. The first-order valence-corrected chi connectivity index (χ1v) is 8.57. The smallest absolute Gasteiger partial charge is 0.119 e. The van der Waals surface area contributed by atoms with Crippen LogP contribution in [0.3, 0.4) is 0 Å². The minimum atomic E-state index is 0. The molecule has 1 N–H and O–H groups in total. The summed E-state index contributed by atoms with van der Waals surface area (Å²) in [5, 5.41) is 3.50. The van der Waals surface area contributed by atoms with Crippen molar-refractivity contribution >= 4 is 12.4 Å². The van der Waals surface area contributed by atoms with E-state index in [-0.39, 0.29) is 12.4 Å². The summed E-state index contributed by atoms with van der Waals surface area (Å²) in [7, 11) is 0. The number of nitrogens with zero attached hydrogens (tertiary/aromatic N) is 2. The summed E-state index contributed by atoms with van der Waals surface area (Å²) in [5.74, 6) is 0.975. The number of rotatable bonds is 6. The standard InChI is InChI=1S/C18H29N3O.ClH/c1-18(7-8-19-15-18)16-21-11-9-20(10-12-21)13-14-22-17-5-3-2-4-6-17;/h2-6,19H,7-16H2,1H3;1H. The van der Waals surface area contributed by atoms with Crippen LogP contribution < -0.4 is 10.1 Å². The first-order valence-electron chi connectivity index (χ1n) is 8.57. The lowest BCUT2D eigenvalue weighted by molar-refractivity contribution is 0.0882. The fourth-order valence-electron chi connectivity index (χ4n) is 3.52. The third-order valence-corrected chi connectivity index (χ3v) is 4.95. The van der Waals surface area contributed by atoms with E-state index in [9.17, 15) is 0 Å². The van der Waals surface area contributed by atoms with Gasteiger partial charge in [0.15, 0.2) is 0 Å². The maximum atomic E-state index is 5.80. The molecule has 0 amide bonds. The minimum absolute atomic E-state index is 0. The molecule has 130 valence electrons. The predicted molar refractivity (Wildman–Crippen MR) is 97.7 cm³/mol. The van der Waals surface area contributed by atoms with Crippen LogP contribution >= 0.6 is 12.4 Å². The second kappa shape index (κ2) is 8.88. The molecular formula is C18H30ClN3O. The van der Waals surface area contributed by atoms with Gasteiger partial charge in [0.2, 0.25) is 0 Å². The zero-order valence-electron chi connectivity index (χ0n) is 14.2. The molecule has 1 aromatic carbocycles. The summed E-state index contributed by atoms with van der Waals surface area (Å²) < 4.78 is 5.80. The van der Waals surface area contributed by atoms with Gasteiger partial charge >= 0.3 is 0 Å². The number of para-hydroxylation sites is 1. The first-order chi connectivity index (χ1) is 10.7. The number of hydrogen-bond donors (Lipinski definition) is 1. The molecule has 2 heterocycles. The summed E-state index contributed by atoms with van der Waals surface area (Å²) in [6, 6.07) is 10.1. The Morgan fingerprint density at radius 2 is 1.78 bits per heavy atom. The van der Waals surface area contributed by atoms with Crippen molar-refractivity contribution in [1.29, 1.82) is 0 Å². The van der Waals surface area contributed by atoms with Gasteiger partial charge in [-0.15, -0.1) is 12.4 Å². The lowest BCUT2D eigenvalue weighted by atomic mass is 9.89. The van der Waals surface area contributed by atoms with Gasteiger partial charge in [-0.2, -0.15) is 0 Å². The van der Waals surface area contributed by atoms with E-state index >= 15 is 0 Å². The van der Waals surface area contributed by atoms with E-state index < -0.39 is 0 Å². The van der Waals surface area contributed by atoms with E-state index in [2.05, 4.69) is 22.0 Å². The van der Waals surface area contributed by atoms with Gasteiger partial charge in [0.25, 0.3) is 0 Å². The maximum Gasteiger partial charge on any atom is 0.119 e. The predicted octanol–water partition coefficient (Wildman–Crippen LogP) is 2.10. The topological polar surface area (TPSA) is 27.7 Å². The molecule has 23 heavy (non-hydrogen) atoms. The van der Waals surface area contributed by atoms with Gasteiger partial charge in [0.05, 0.1) is 0 Å². The van der Waals surface area contributed by atoms with Crippen LogP contribution in [0.4, 0.5) is 0 Å². The van der Waals surface area contributed by atoms with E-state index in [1.54, 1.807) is 0 Å². The molecule has 0 aromatic heterocycles. The van der Waals surface area contributed by atoms with Crippen LogP contribution in [0.5, 0.6) is 5.75 Å². The second-order valence-electron chi connectivity index (χ2n) is 7.02. The quantitative estimate of drug-likeness (QED) is 0.859. The molecule has 2 fully saturated rings. The van der Waals surface area contributed by atoms with Crippen molar-refractivity contribution in [3.05, 3.63) is 30.3 Å². The summed E-state index contributed by atoms with van der Waals surface area (Å²) in [5.41, 5.74) is 0.485. The zero-order valence-corrected chi connectivity index (χ0v) is 15.0. The van der Waals surface area contributed by atoms with Crippen LogP contribution in [0.15, 0.2) is 30.3 Å². The lowest BCUT2D eigenvalue weighted by Crippen LogP contribution is -2.50. The molecule has 0 bridgehead atoms. The number of nitrogens with one attached hydrogen (secondary N) is 1. The second-order valence-corrected chi connectivity index (χ2v) is 7.02. The van der Waals surface area contributed by atoms with Crippen LogP contribution in [-0.2, 0) is 0 Å². The van der Waals surface area contributed by atoms with E-state index in [1.807, 2.05) is 30.3 Å². The first kappa shape index (κ1) is 18.5. The summed E-state index contributed by atoms with van der Waals surface area (Å²) in [6.07, 6.45) is 1.32. The van der Waals surface area contributed by atoms with Crippen molar-refractivity contribution in [3.63, 3.8) is 0 Å². The number of halogens is 1. The van der Waals surface area contributed by atoms with Crippen molar-refractivity contribution in [2.45, 2.75) is 13.3 Å². The number of ether oxygens (including phenoxy) is 1. The van der Waals surface area contributed by atoms with Crippen molar-refractivity contribution in [1.82, 2.24) is 15.1 Å². The van der Waals surface area contributed by atoms with Gasteiger partial charge in [0, 0.05) is 45.8 Å². The minimum Gasteiger partial charge on any atom is -0.492 e. The fraction of sp³-hybridized carbons (Fsp3) is 0.667. The number of piperazine rings is 1. The molecule has 3 rings (SSSR count). The Labute approximate surface area is 146 Å². The molecule has 4 nitrogen and oxygen atoms in total. The Morgan fingerprint density at radius 3 is 2.43 bits per heavy atom. The third-order valence-electron chi connectivity index (χ3n) is 4.95. The average Bonchev–Trinajstić information content (AvgIpc) is 2.96.